The molecule has 1 fully saturated rings. The Labute approximate surface area is 169 Å². The van der Waals surface area contributed by atoms with Gasteiger partial charge in [0.1, 0.15) is 5.39 Å². The Bertz CT molecular complexity index is 1150. The molecule has 0 spiro atoms. The molecule has 1 aliphatic heterocycles. The number of pyridine rings is 1. The predicted octanol–water partition coefficient (Wildman–Crippen LogP) is 1.94. The number of ether oxygens (including phenoxy) is 2. The molecule has 30 heavy (non-hydrogen) atoms. The molecule has 2 aromatic heterocycles. The highest BCUT2D eigenvalue weighted by molar-refractivity contribution is 5.92. The predicted molar refractivity (Wildman–Crippen MR) is 102 cm³/mol. The number of fused-ring (bicyclic) bond motifs is 1. The van der Waals surface area contributed by atoms with Crippen molar-refractivity contribution >= 4 is 16.8 Å². The number of aromatic amines is 1. The molecular weight excluding hydrogens is 398 g/mol. The molecule has 4 rings (SSSR count). The van der Waals surface area contributed by atoms with E-state index in [9.17, 15) is 18.4 Å². The molecule has 2 N–H and O–H groups in total. The Morgan fingerprint density at radius 3 is 3.00 bits per heavy atom. The smallest absolute Gasteiger partial charge is 0.287 e. The van der Waals surface area contributed by atoms with E-state index in [2.05, 4.69) is 20.3 Å². The third kappa shape index (κ3) is 4.28. The number of halogens is 2. The zero-order valence-electron chi connectivity index (χ0n) is 15.8. The molecule has 1 amide bonds. The van der Waals surface area contributed by atoms with E-state index in [-0.39, 0.29) is 17.9 Å². The fraction of sp³-hybridized carbons (Fsp3) is 0.300. The SMILES string of the molecule is O=C(NCc1ccnc(OCC2CCOC2)c1)c1nc2ccc(F)c(F)c2c(=O)[nH]1. The minimum atomic E-state index is -1.30. The van der Waals surface area contributed by atoms with E-state index in [4.69, 9.17) is 9.47 Å². The van der Waals surface area contributed by atoms with Gasteiger partial charge in [0.25, 0.3) is 11.5 Å². The maximum Gasteiger partial charge on any atom is 0.287 e. The summed E-state index contributed by atoms with van der Waals surface area (Å²) in [5, 5.41) is 2.08. The van der Waals surface area contributed by atoms with Crippen molar-refractivity contribution in [1.82, 2.24) is 20.3 Å². The highest BCUT2D eigenvalue weighted by Gasteiger charge is 2.17. The van der Waals surface area contributed by atoms with Gasteiger partial charge in [-0.2, -0.15) is 0 Å². The molecule has 0 aliphatic carbocycles. The van der Waals surface area contributed by atoms with Crippen LogP contribution in [0.25, 0.3) is 10.9 Å². The number of hydrogen-bond acceptors (Lipinski definition) is 6. The molecule has 0 saturated carbocycles. The minimum absolute atomic E-state index is 0.113. The summed E-state index contributed by atoms with van der Waals surface area (Å²) in [5.74, 6) is -2.66. The number of aromatic nitrogens is 3. The summed E-state index contributed by atoms with van der Waals surface area (Å²) in [6.07, 6.45) is 2.51. The van der Waals surface area contributed by atoms with Crippen molar-refractivity contribution in [2.45, 2.75) is 13.0 Å². The van der Waals surface area contributed by atoms with Gasteiger partial charge in [-0.1, -0.05) is 0 Å². The summed E-state index contributed by atoms with van der Waals surface area (Å²) in [5.41, 5.74) is -0.316. The van der Waals surface area contributed by atoms with Gasteiger partial charge in [-0.25, -0.2) is 18.7 Å². The van der Waals surface area contributed by atoms with Crippen LogP contribution in [0.15, 0.2) is 35.3 Å². The first-order chi connectivity index (χ1) is 14.5. The van der Waals surface area contributed by atoms with Crippen molar-refractivity contribution in [3.05, 3.63) is 63.8 Å². The van der Waals surface area contributed by atoms with Gasteiger partial charge >= 0.3 is 0 Å². The molecule has 0 bridgehead atoms. The van der Waals surface area contributed by atoms with Crippen LogP contribution in [-0.2, 0) is 11.3 Å². The van der Waals surface area contributed by atoms with Crippen LogP contribution in [0.5, 0.6) is 5.88 Å². The molecule has 1 unspecified atom stereocenters. The quantitative estimate of drug-likeness (QED) is 0.636. The molecular formula is C20H18F2N4O4. The average molecular weight is 416 g/mol. The molecule has 1 aliphatic rings. The third-order valence-corrected chi connectivity index (χ3v) is 4.72. The van der Waals surface area contributed by atoms with Crippen LogP contribution in [0.4, 0.5) is 8.78 Å². The van der Waals surface area contributed by atoms with E-state index in [1.165, 1.54) is 0 Å². The Kier molecular flexibility index (Phi) is 5.66. The molecule has 1 saturated heterocycles. The van der Waals surface area contributed by atoms with Crippen LogP contribution in [0.2, 0.25) is 0 Å². The zero-order chi connectivity index (χ0) is 21.1. The summed E-state index contributed by atoms with van der Waals surface area (Å²) in [4.78, 5) is 34.7. The topological polar surface area (TPSA) is 106 Å². The average Bonchev–Trinajstić information content (AvgIpc) is 3.27. The molecule has 3 aromatic rings. The molecule has 3 heterocycles. The largest absolute Gasteiger partial charge is 0.477 e. The fourth-order valence-electron chi connectivity index (χ4n) is 3.10. The van der Waals surface area contributed by atoms with Crippen molar-refractivity contribution in [3.63, 3.8) is 0 Å². The molecule has 0 radical (unpaired) electrons. The van der Waals surface area contributed by atoms with Crippen molar-refractivity contribution in [2.75, 3.05) is 19.8 Å². The molecule has 10 heteroatoms. The number of amides is 1. The number of hydrogen-bond donors (Lipinski definition) is 2. The second-order valence-electron chi connectivity index (χ2n) is 6.90. The highest BCUT2D eigenvalue weighted by atomic mass is 19.2. The number of H-pyrrole nitrogens is 1. The Balaban J connectivity index is 1.42. The van der Waals surface area contributed by atoms with Crippen molar-refractivity contribution in [2.24, 2.45) is 5.92 Å². The number of carbonyl (C=O) groups excluding carboxylic acids is 1. The first kappa shape index (κ1) is 19.9. The lowest BCUT2D eigenvalue weighted by Crippen LogP contribution is -2.28. The number of rotatable bonds is 6. The van der Waals surface area contributed by atoms with E-state index >= 15 is 0 Å². The lowest BCUT2D eigenvalue weighted by molar-refractivity contribution is 0.0940. The second-order valence-corrected chi connectivity index (χ2v) is 6.90. The van der Waals surface area contributed by atoms with Crippen LogP contribution < -0.4 is 15.6 Å². The Morgan fingerprint density at radius 2 is 2.20 bits per heavy atom. The van der Waals surface area contributed by atoms with Gasteiger partial charge in [-0.05, 0) is 30.2 Å². The normalized spacial score (nSPS) is 16.0. The molecule has 1 atom stereocenters. The van der Waals surface area contributed by atoms with E-state index in [0.717, 1.165) is 30.7 Å². The highest BCUT2D eigenvalue weighted by Crippen LogP contribution is 2.16. The summed E-state index contributed by atoms with van der Waals surface area (Å²) in [6, 6.07) is 5.40. The summed E-state index contributed by atoms with van der Waals surface area (Å²) < 4.78 is 38.1. The van der Waals surface area contributed by atoms with E-state index < -0.39 is 28.5 Å². The maximum atomic E-state index is 13.8. The van der Waals surface area contributed by atoms with Gasteiger partial charge in [0, 0.05) is 31.3 Å². The first-order valence-electron chi connectivity index (χ1n) is 9.33. The fourth-order valence-corrected chi connectivity index (χ4v) is 3.10. The Hall–Kier alpha value is -3.40. The number of nitrogens with one attached hydrogen (secondary N) is 2. The van der Waals surface area contributed by atoms with Crippen LogP contribution in [0, 0.1) is 17.6 Å². The van der Waals surface area contributed by atoms with E-state index in [1.807, 2.05) is 0 Å². The van der Waals surface area contributed by atoms with Crippen molar-refractivity contribution in [3.8, 4) is 5.88 Å². The number of nitrogens with zero attached hydrogens (tertiary/aromatic N) is 2. The second kappa shape index (κ2) is 8.54. The van der Waals surface area contributed by atoms with Gasteiger partial charge in [0.2, 0.25) is 5.88 Å². The van der Waals surface area contributed by atoms with Crippen molar-refractivity contribution < 1.29 is 23.0 Å². The monoisotopic (exact) mass is 416 g/mol. The van der Waals surface area contributed by atoms with E-state index in [0.29, 0.717) is 25.0 Å². The molecule has 1 aromatic carbocycles. The minimum Gasteiger partial charge on any atom is -0.477 e. The lowest BCUT2D eigenvalue weighted by Gasteiger charge is -2.11. The Morgan fingerprint density at radius 1 is 1.33 bits per heavy atom. The third-order valence-electron chi connectivity index (χ3n) is 4.72. The van der Waals surface area contributed by atoms with Gasteiger partial charge in [-0.3, -0.25) is 9.59 Å². The molecule has 156 valence electrons. The van der Waals surface area contributed by atoms with Crippen LogP contribution in [-0.4, -0.2) is 40.7 Å². The van der Waals surface area contributed by atoms with Gasteiger partial charge < -0.3 is 19.8 Å². The van der Waals surface area contributed by atoms with Gasteiger partial charge in [0.15, 0.2) is 17.5 Å². The zero-order valence-corrected chi connectivity index (χ0v) is 15.8. The van der Waals surface area contributed by atoms with Gasteiger partial charge in [0.05, 0.1) is 18.7 Å². The lowest BCUT2D eigenvalue weighted by atomic mass is 10.1. The summed E-state index contributed by atoms with van der Waals surface area (Å²) >= 11 is 0. The molecule has 8 nitrogen and oxygen atoms in total. The maximum absolute atomic E-state index is 13.8. The first-order valence-corrected chi connectivity index (χ1v) is 9.33. The number of carbonyl (C=O) groups is 1. The summed E-state index contributed by atoms with van der Waals surface area (Å²) in [6.45, 7) is 2.04. The standard InChI is InChI=1S/C20H18F2N4O4/c21-13-1-2-14-16(17(13)22)19(27)26-18(25-14)20(28)24-8-11-3-5-23-15(7-11)30-10-12-4-6-29-9-12/h1-3,5,7,12H,4,6,8-10H2,(H,24,28)(H,25,26,27). The van der Waals surface area contributed by atoms with Crippen LogP contribution >= 0.6 is 0 Å². The van der Waals surface area contributed by atoms with Crippen molar-refractivity contribution in [1.29, 1.82) is 0 Å². The van der Waals surface area contributed by atoms with Gasteiger partial charge in [-0.15, -0.1) is 0 Å². The van der Waals surface area contributed by atoms with E-state index in [1.54, 1.807) is 18.3 Å². The number of benzene rings is 1. The summed E-state index contributed by atoms with van der Waals surface area (Å²) in [7, 11) is 0. The van der Waals surface area contributed by atoms with Crippen LogP contribution in [0.3, 0.4) is 0 Å². The van der Waals surface area contributed by atoms with Crippen LogP contribution in [0.1, 0.15) is 22.6 Å².